The standard InChI is InChI=1S/C10H12N4O3/c1-12-6-2-3-8-7(4-6)14(10(16)13-11)9(15)5-17-8/h2-4,12H,5,11H2,1H3,(H,13,16). The van der Waals surface area contributed by atoms with Gasteiger partial charge < -0.3 is 10.1 Å². The van der Waals surface area contributed by atoms with Gasteiger partial charge in [-0.2, -0.15) is 0 Å². The van der Waals surface area contributed by atoms with Crippen LogP contribution in [-0.2, 0) is 4.79 Å². The molecule has 0 bridgehead atoms. The SMILES string of the molecule is CNc1ccc2c(c1)N(C(=O)NN)C(=O)CO2. The van der Waals surface area contributed by atoms with E-state index in [1.54, 1.807) is 25.2 Å². The Morgan fingerprint density at radius 2 is 2.29 bits per heavy atom. The highest BCUT2D eigenvalue weighted by Crippen LogP contribution is 2.34. The fourth-order valence-electron chi connectivity index (χ4n) is 1.60. The number of carbonyl (C=O) groups is 2. The Morgan fingerprint density at radius 3 is 2.94 bits per heavy atom. The highest BCUT2D eigenvalue weighted by atomic mass is 16.5. The van der Waals surface area contributed by atoms with Crippen molar-refractivity contribution in [3.8, 4) is 5.75 Å². The number of hydrogen-bond acceptors (Lipinski definition) is 5. The fourth-order valence-corrected chi connectivity index (χ4v) is 1.60. The molecule has 4 N–H and O–H groups in total. The van der Waals surface area contributed by atoms with Crippen molar-refractivity contribution in [1.82, 2.24) is 5.43 Å². The molecule has 1 aromatic rings. The molecule has 0 spiro atoms. The lowest BCUT2D eigenvalue weighted by atomic mass is 10.2. The van der Waals surface area contributed by atoms with Crippen LogP contribution in [0.25, 0.3) is 0 Å². The number of fused-ring (bicyclic) bond motifs is 1. The van der Waals surface area contributed by atoms with Crippen LogP contribution in [0, 0.1) is 0 Å². The second-order valence-electron chi connectivity index (χ2n) is 3.40. The summed E-state index contributed by atoms with van der Waals surface area (Å²) in [4.78, 5) is 24.1. The van der Waals surface area contributed by atoms with Gasteiger partial charge in [-0.25, -0.2) is 15.5 Å². The van der Waals surface area contributed by atoms with E-state index in [0.717, 1.165) is 10.6 Å². The Kier molecular flexibility index (Phi) is 2.84. The number of nitrogens with two attached hydrogens (primary N) is 1. The number of urea groups is 1. The van der Waals surface area contributed by atoms with Crippen LogP contribution < -0.4 is 26.2 Å². The van der Waals surface area contributed by atoms with Crippen LogP contribution in [0.15, 0.2) is 18.2 Å². The zero-order chi connectivity index (χ0) is 12.4. The van der Waals surface area contributed by atoms with Crippen LogP contribution in [0.1, 0.15) is 0 Å². The Balaban J connectivity index is 2.48. The Bertz CT molecular complexity index is 475. The number of ether oxygens (including phenoxy) is 1. The molecule has 90 valence electrons. The van der Waals surface area contributed by atoms with Gasteiger partial charge in [-0.15, -0.1) is 0 Å². The monoisotopic (exact) mass is 236 g/mol. The van der Waals surface area contributed by atoms with E-state index >= 15 is 0 Å². The van der Waals surface area contributed by atoms with Gasteiger partial charge in [-0.3, -0.25) is 10.2 Å². The summed E-state index contributed by atoms with van der Waals surface area (Å²) >= 11 is 0. The fraction of sp³-hybridized carbons (Fsp3) is 0.200. The molecule has 0 fully saturated rings. The first-order valence-corrected chi connectivity index (χ1v) is 4.95. The Morgan fingerprint density at radius 1 is 1.53 bits per heavy atom. The number of nitrogens with one attached hydrogen (secondary N) is 2. The highest BCUT2D eigenvalue weighted by Gasteiger charge is 2.30. The number of anilines is 2. The lowest BCUT2D eigenvalue weighted by Gasteiger charge is -2.27. The average molecular weight is 236 g/mol. The van der Waals surface area contributed by atoms with Crippen molar-refractivity contribution >= 4 is 23.3 Å². The van der Waals surface area contributed by atoms with E-state index in [4.69, 9.17) is 10.6 Å². The molecule has 2 rings (SSSR count). The minimum atomic E-state index is -0.687. The quantitative estimate of drug-likeness (QED) is 0.363. The topological polar surface area (TPSA) is 96.7 Å². The normalized spacial score (nSPS) is 13.8. The molecular weight excluding hydrogens is 224 g/mol. The van der Waals surface area contributed by atoms with Crippen LogP contribution in [0.4, 0.5) is 16.2 Å². The molecule has 1 aliphatic rings. The van der Waals surface area contributed by atoms with Crippen molar-refractivity contribution in [2.45, 2.75) is 0 Å². The van der Waals surface area contributed by atoms with Gasteiger partial charge in [0.1, 0.15) is 5.75 Å². The van der Waals surface area contributed by atoms with E-state index in [9.17, 15) is 9.59 Å². The number of carbonyl (C=O) groups excluding carboxylic acids is 2. The molecule has 0 aromatic heterocycles. The second kappa shape index (κ2) is 4.30. The van der Waals surface area contributed by atoms with Gasteiger partial charge in [0, 0.05) is 12.7 Å². The summed E-state index contributed by atoms with van der Waals surface area (Å²) in [7, 11) is 1.74. The summed E-state index contributed by atoms with van der Waals surface area (Å²) in [6, 6.07) is 4.42. The van der Waals surface area contributed by atoms with Crippen LogP contribution in [0.5, 0.6) is 5.75 Å². The van der Waals surface area contributed by atoms with Crippen molar-refractivity contribution in [3.63, 3.8) is 0 Å². The average Bonchev–Trinajstić information content (AvgIpc) is 2.37. The molecule has 1 aromatic carbocycles. The molecule has 7 heteroatoms. The Labute approximate surface area is 97.5 Å². The smallest absolute Gasteiger partial charge is 0.343 e. The number of benzene rings is 1. The van der Waals surface area contributed by atoms with E-state index in [0.29, 0.717) is 11.4 Å². The van der Waals surface area contributed by atoms with Gasteiger partial charge in [-0.05, 0) is 18.2 Å². The molecule has 0 saturated carbocycles. The minimum absolute atomic E-state index is 0.181. The van der Waals surface area contributed by atoms with Crippen molar-refractivity contribution in [2.75, 3.05) is 23.9 Å². The molecule has 1 heterocycles. The summed E-state index contributed by atoms with van der Waals surface area (Å²) < 4.78 is 5.22. The van der Waals surface area contributed by atoms with Crippen molar-refractivity contribution in [3.05, 3.63) is 18.2 Å². The number of hydrazine groups is 1. The molecule has 1 aliphatic heterocycles. The summed E-state index contributed by atoms with van der Waals surface area (Å²) in [5.41, 5.74) is 3.07. The summed E-state index contributed by atoms with van der Waals surface area (Å²) in [5, 5.41) is 2.91. The van der Waals surface area contributed by atoms with Crippen molar-refractivity contribution < 1.29 is 14.3 Å². The maximum atomic E-state index is 11.6. The zero-order valence-corrected chi connectivity index (χ0v) is 9.19. The van der Waals surface area contributed by atoms with Gasteiger partial charge in [0.2, 0.25) is 0 Å². The molecule has 3 amide bonds. The summed E-state index contributed by atoms with van der Waals surface area (Å²) in [6.07, 6.45) is 0. The minimum Gasteiger partial charge on any atom is -0.482 e. The number of nitrogens with zero attached hydrogens (tertiary/aromatic N) is 1. The molecule has 7 nitrogen and oxygen atoms in total. The van der Waals surface area contributed by atoms with Gasteiger partial charge in [-0.1, -0.05) is 0 Å². The first kappa shape index (κ1) is 11.2. The number of amides is 3. The largest absolute Gasteiger partial charge is 0.482 e. The van der Waals surface area contributed by atoms with Gasteiger partial charge in [0.05, 0.1) is 5.69 Å². The van der Waals surface area contributed by atoms with Gasteiger partial charge in [0.25, 0.3) is 5.91 Å². The zero-order valence-electron chi connectivity index (χ0n) is 9.19. The van der Waals surface area contributed by atoms with Gasteiger partial charge >= 0.3 is 6.03 Å². The summed E-state index contributed by atoms with van der Waals surface area (Å²) in [6.45, 7) is -0.181. The molecule has 0 radical (unpaired) electrons. The van der Waals surface area contributed by atoms with Crippen LogP contribution >= 0.6 is 0 Å². The maximum Gasteiger partial charge on any atom is 0.343 e. The maximum absolute atomic E-state index is 11.6. The molecule has 0 aliphatic carbocycles. The second-order valence-corrected chi connectivity index (χ2v) is 3.40. The van der Waals surface area contributed by atoms with Crippen LogP contribution in [0.3, 0.4) is 0 Å². The molecule has 0 atom stereocenters. The number of rotatable bonds is 1. The van der Waals surface area contributed by atoms with Crippen molar-refractivity contribution in [2.24, 2.45) is 5.84 Å². The first-order chi connectivity index (χ1) is 8.17. The van der Waals surface area contributed by atoms with E-state index < -0.39 is 11.9 Å². The Hall–Kier alpha value is -2.28. The van der Waals surface area contributed by atoms with Crippen LogP contribution in [0.2, 0.25) is 0 Å². The van der Waals surface area contributed by atoms with E-state index in [1.807, 2.05) is 5.43 Å². The lowest BCUT2D eigenvalue weighted by Crippen LogP contribution is -2.50. The predicted molar refractivity (Wildman–Crippen MR) is 61.7 cm³/mol. The number of imide groups is 1. The molecular formula is C10H12N4O3. The molecule has 0 saturated heterocycles. The molecule has 0 unspecified atom stereocenters. The highest BCUT2D eigenvalue weighted by molar-refractivity contribution is 6.16. The third kappa shape index (κ3) is 1.87. The summed E-state index contributed by atoms with van der Waals surface area (Å²) in [5.74, 6) is 5.04. The van der Waals surface area contributed by atoms with Gasteiger partial charge in [0.15, 0.2) is 6.61 Å². The third-order valence-electron chi connectivity index (χ3n) is 2.42. The van der Waals surface area contributed by atoms with Crippen LogP contribution in [-0.4, -0.2) is 25.6 Å². The third-order valence-corrected chi connectivity index (χ3v) is 2.42. The lowest BCUT2D eigenvalue weighted by molar-refractivity contribution is -0.120. The molecule has 17 heavy (non-hydrogen) atoms. The van der Waals surface area contributed by atoms with E-state index in [-0.39, 0.29) is 6.61 Å². The van der Waals surface area contributed by atoms with E-state index in [1.165, 1.54) is 0 Å². The predicted octanol–water partition coefficient (Wildman–Crippen LogP) is 0.0370. The first-order valence-electron chi connectivity index (χ1n) is 4.95. The van der Waals surface area contributed by atoms with Crippen molar-refractivity contribution in [1.29, 1.82) is 0 Å². The van der Waals surface area contributed by atoms with E-state index in [2.05, 4.69) is 5.32 Å². The number of hydrogen-bond donors (Lipinski definition) is 3.